The molecule has 0 atom stereocenters. The summed E-state index contributed by atoms with van der Waals surface area (Å²) >= 11 is 0. The Balaban J connectivity index is 1.78. The maximum atomic E-state index is 14.4. The first kappa shape index (κ1) is 20.2. The number of carbonyl (C=O) groups excluding carboxylic acids is 1. The first-order chi connectivity index (χ1) is 14.8. The van der Waals surface area contributed by atoms with Crippen molar-refractivity contribution in [3.8, 4) is 11.1 Å². The third-order valence-corrected chi connectivity index (χ3v) is 4.54. The third-order valence-electron chi connectivity index (χ3n) is 4.54. The average molecular weight is 423 g/mol. The van der Waals surface area contributed by atoms with Crippen LogP contribution in [-0.2, 0) is 4.79 Å². The van der Waals surface area contributed by atoms with Crippen LogP contribution in [0.4, 0.5) is 26.0 Å². The Morgan fingerprint density at radius 2 is 1.81 bits per heavy atom. The van der Waals surface area contributed by atoms with Crippen molar-refractivity contribution in [2.24, 2.45) is 5.10 Å². The molecule has 2 heterocycles. The quantitative estimate of drug-likeness (QED) is 0.597. The van der Waals surface area contributed by atoms with E-state index in [9.17, 15) is 13.6 Å². The van der Waals surface area contributed by atoms with Crippen molar-refractivity contribution in [2.75, 3.05) is 23.1 Å². The Morgan fingerprint density at radius 1 is 1.10 bits per heavy atom. The summed E-state index contributed by atoms with van der Waals surface area (Å²) in [5, 5.41) is 9.52. The topological polar surface area (TPSA) is 98.9 Å². The number of benzene rings is 2. The maximum Gasteiger partial charge on any atom is 0.221 e. The number of carbonyl (C=O) groups is 1. The molecule has 0 unspecified atom stereocenters. The molecule has 1 aliphatic rings. The van der Waals surface area contributed by atoms with Gasteiger partial charge in [0.1, 0.15) is 11.5 Å². The molecule has 3 aromatic rings. The van der Waals surface area contributed by atoms with E-state index in [0.29, 0.717) is 16.8 Å². The first-order valence-corrected chi connectivity index (χ1v) is 9.30. The summed E-state index contributed by atoms with van der Waals surface area (Å²) in [5.74, 6) is -1.40. The highest BCUT2D eigenvalue weighted by Crippen LogP contribution is 2.30. The highest BCUT2D eigenvalue weighted by atomic mass is 19.1. The molecule has 2 aromatic carbocycles. The zero-order chi connectivity index (χ0) is 22.1. The number of hydrazone groups is 1. The largest absolute Gasteiger partial charge is 0.383 e. The maximum absolute atomic E-state index is 14.4. The van der Waals surface area contributed by atoms with Gasteiger partial charge in [-0.25, -0.2) is 23.9 Å². The number of para-hydroxylation sites is 1. The molecule has 0 aliphatic carbocycles. The number of nitrogens with zero attached hydrogens (tertiary/aromatic N) is 4. The van der Waals surface area contributed by atoms with Gasteiger partial charge in [0.2, 0.25) is 5.91 Å². The fourth-order valence-corrected chi connectivity index (χ4v) is 3.23. The van der Waals surface area contributed by atoms with Gasteiger partial charge in [0.15, 0.2) is 17.5 Å². The first-order valence-electron chi connectivity index (χ1n) is 9.30. The van der Waals surface area contributed by atoms with Crippen LogP contribution in [0, 0.1) is 11.6 Å². The van der Waals surface area contributed by atoms with E-state index in [1.165, 1.54) is 23.1 Å². The fraction of sp³-hybridized carbons (Fsp3) is 0.0952. The molecule has 1 aromatic heterocycles. The Hall–Kier alpha value is -4.05. The highest BCUT2D eigenvalue weighted by molar-refractivity contribution is 6.13. The number of hydrogen-bond donors (Lipinski definition) is 3. The average Bonchev–Trinajstić information content (AvgIpc) is 3.09. The van der Waals surface area contributed by atoms with E-state index in [-0.39, 0.29) is 23.2 Å². The van der Waals surface area contributed by atoms with Crippen LogP contribution in [0.3, 0.4) is 0 Å². The van der Waals surface area contributed by atoms with Crippen LogP contribution in [0.2, 0.25) is 0 Å². The van der Waals surface area contributed by atoms with Gasteiger partial charge < -0.3 is 11.1 Å². The molecule has 4 N–H and O–H groups in total. The highest BCUT2D eigenvalue weighted by Gasteiger charge is 2.30. The van der Waals surface area contributed by atoms with Gasteiger partial charge in [0.25, 0.3) is 0 Å². The molecule has 0 bridgehead atoms. The van der Waals surface area contributed by atoms with Crippen molar-refractivity contribution in [1.29, 1.82) is 0 Å². The van der Waals surface area contributed by atoms with Gasteiger partial charge in [-0.3, -0.25) is 4.79 Å². The van der Waals surface area contributed by atoms with E-state index in [1.807, 2.05) is 6.07 Å². The second-order valence-electron chi connectivity index (χ2n) is 6.87. The van der Waals surface area contributed by atoms with Crippen LogP contribution >= 0.6 is 0 Å². The van der Waals surface area contributed by atoms with E-state index in [2.05, 4.69) is 20.9 Å². The minimum absolute atomic E-state index is 0.138. The number of pyridine rings is 1. The van der Waals surface area contributed by atoms with E-state index in [1.54, 1.807) is 37.5 Å². The zero-order valence-corrected chi connectivity index (χ0v) is 16.7. The van der Waals surface area contributed by atoms with Gasteiger partial charge >= 0.3 is 0 Å². The second kappa shape index (κ2) is 8.00. The predicted octanol–water partition coefficient (Wildman–Crippen LogP) is 3.10. The molecule has 4 rings (SSSR count). The summed E-state index contributed by atoms with van der Waals surface area (Å²) in [6.07, 6.45) is 1.58. The van der Waals surface area contributed by atoms with Gasteiger partial charge in [0.05, 0.1) is 5.56 Å². The minimum atomic E-state index is -0.763. The summed E-state index contributed by atoms with van der Waals surface area (Å²) in [6, 6.07) is 12.5. The number of anilines is 3. The van der Waals surface area contributed by atoms with Crippen LogP contribution in [0.5, 0.6) is 0 Å². The molecule has 0 radical (unpaired) electrons. The summed E-state index contributed by atoms with van der Waals surface area (Å²) in [6.45, 7) is 1.42. The molecule has 10 heteroatoms. The number of nitrogen functional groups attached to an aromatic ring is 1. The smallest absolute Gasteiger partial charge is 0.221 e. The lowest BCUT2D eigenvalue weighted by Crippen LogP contribution is -2.43. The second-order valence-corrected chi connectivity index (χ2v) is 6.87. The van der Waals surface area contributed by atoms with E-state index in [4.69, 9.17) is 5.73 Å². The number of hydrogen-bond acceptors (Lipinski definition) is 7. The Labute approximate surface area is 176 Å². The Kier molecular flexibility index (Phi) is 5.22. The van der Waals surface area contributed by atoms with Crippen molar-refractivity contribution in [2.45, 2.75) is 6.92 Å². The molecule has 8 nitrogen and oxygen atoms in total. The molecule has 1 aliphatic heterocycles. The number of halogens is 2. The van der Waals surface area contributed by atoms with Crippen LogP contribution in [0.25, 0.3) is 11.1 Å². The molecule has 158 valence electrons. The molecule has 0 saturated carbocycles. The number of rotatable bonds is 4. The van der Waals surface area contributed by atoms with Crippen LogP contribution in [-0.4, -0.2) is 28.9 Å². The molecule has 1 amide bonds. The number of nitrogens with two attached hydrogens (primary N) is 1. The van der Waals surface area contributed by atoms with Crippen LogP contribution < -0.4 is 21.6 Å². The lowest BCUT2D eigenvalue weighted by atomic mass is 10.0. The fourth-order valence-electron chi connectivity index (χ4n) is 3.23. The molecule has 0 spiro atoms. The monoisotopic (exact) mass is 423 g/mol. The number of aromatic nitrogens is 1. The minimum Gasteiger partial charge on any atom is -0.383 e. The van der Waals surface area contributed by atoms with E-state index in [0.717, 1.165) is 17.7 Å². The Bertz CT molecular complexity index is 1180. The molecule has 31 heavy (non-hydrogen) atoms. The molecular formula is C21H19F2N7O. The van der Waals surface area contributed by atoms with E-state index >= 15 is 0 Å². The van der Waals surface area contributed by atoms with Crippen molar-refractivity contribution < 1.29 is 13.6 Å². The number of nitrogens with one attached hydrogen (secondary N) is 2. The third kappa shape index (κ3) is 4.01. The number of amides is 1. The molecular weight excluding hydrogens is 404 g/mol. The number of amidine groups is 1. The standard InChI is InChI=1S/C21H19F2N7O/c1-12(31)26-15-6-3-5-13(9-15)14-10-16(20(24)25-11-14)21-27-29(2)28-30(21)19-17(22)7-4-8-18(19)23/h3-11,28H,1-2H3,(H2,24,25)(H,26,31). The number of hydrazine groups is 2. The van der Waals surface area contributed by atoms with E-state index < -0.39 is 11.6 Å². The van der Waals surface area contributed by atoms with Crippen LogP contribution in [0.15, 0.2) is 59.8 Å². The van der Waals surface area contributed by atoms with Gasteiger partial charge in [0, 0.05) is 31.4 Å². The SMILES string of the molecule is CC(=O)Nc1cccc(-c2cnc(N)c(C3=NN(C)NN3c3c(F)cccc3F)c2)c1. The summed E-state index contributed by atoms with van der Waals surface area (Å²) in [4.78, 5) is 15.6. The van der Waals surface area contributed by atoms with Gasteiger partial charge in [-0.05, 0) is 35.9 Å². The van der Waals surface area contributed by atoms with Crippen molar-refractivity contribution >= 4 is 28.9 Å². The summed E-state index contributed by atoms with van der Waals surface area (Å²) < 4.78 is 28.9. The van der Waals surface area contributed by atoms with Gasteiger partial charge in [-0.1, -0.05) is 18.2 Å². The predicted molar refractivity (Wildman–Crippen MR) is 115 cm³/mol. The summed E-state index contributed by atoms with van der Waals surface area (Å²) in [7, 11) is 1.59. The van der Waals surface area contributed by atoms with Crippen LogP contribution in [0.1, 0.15) is 12.5 Å². The van der Waals surface area contributed by atoms with Gasteiger partial charge in [-0.2, -0.15) is 0 Å². The van der Waals surface area contributed by atoms with Crippen molar-refractivity contribution in [3.05, 3.63) is 71.9 Å². The molecule has 0 fully saturated rings. The normalized spacial score (nSPS) is 13.4. The van der Waals surface area contributed by atoms with Crippen molar-refractivity contribution in [3.63, 3.8) is 0 Å². The zero-order valence-electron chi connectivity index (χ0n) is 16.7. The Morgan fingerprint density at radius 3 is 2.52 bits per heavy atom. The summed E-state index contributed by atoms with van der Waals surface area (Å²) in [5.41, 5.74) is 11.0. The van der Waals surface area contributed by atoms with Crippen molar-refractivity contribution in [1.82, 2.24) is 15.6 Å². The molecule has 0 saturated heterocycles. The lowest BCUT2D eigenvalue weighted by molar-refractivity contribution is -0.114. The van der Waals surface area contributed by atoms with Gasteiger partial charge in [-0.15, -0.1) is 10.6 Å². The lowest BCUT2D eigenvalue weighted by Gasteiger charge is -2.22.